The lowest BCUT2D eigenvalue weighted by Gasteiger charge is -2.09. The van der Waals surface area contributed by atoms with Gasteiger partial charge in [-0.2, -0.15) is 0 Å². The number of anilines is 2. The molecule has 0 spiro atoms. The summed E-state index contributed by atoms with van der Waals surface area (Å²) in [5, 5.41) is 3.64. The van der Waals surface area contributed by atoms with E-state index in [0.29, 0.717) is 17.6 Å². The molecule has 0 aliphatic carbocycles. The second-order valence-corrected chi connectivity index (χ2v) is 4.32. The molecule has 0 aliphatic rings. The molecule has 1 N–H and O–H groups in total. The van der Waals surface area contributed by atoms with Crippen LogP contribution in [0.2, 0.25) is 5.15 Å². The van der Waals surface area contributed by atoms with E-state index in [4.69, 9.17) is 16.3 Å². The van der Waals surface area contributed by atoms with Crippen molar-refractivity contribution in [2.24, 2.45) is 0 Å². The molecule has 0 bridgehead atoms. The molecule has 1 aromatic carbocycles. The third-order valence-electron chi connectivity index (χ3n) is 2.47. The van der Waals surface area contributed by atoms with Crippen LogP contribution < -0.4 is 10.1 Å². The van der Waals surface area contributed by atoms with Crippen LogP contribution in [0.15, 0.2) is 30.3 Å². The largest absolute Gasteiger partial charge is 0.494 e. The van der Waals surface area contributed by atoms with Gasteiger partial charge in [0.2, 0.25) is 0 Å². The highest BCUT2D eigenvalue weighted by Crippen LogP contribution is 2.21. The number of aromatic nitrogens is 2. The van der Waals surface area contributed by atoms with E-state index in [1.807, 2.05) is 38.1 Å². The van der Waals surface area contributed by atoms with Gasteiger partial charge in [0.15, 0.2) is 0 Å². The standard InChI is InChI=1S/C14H16ClN3O/c1-3-13-17-12(15)9-14(18-13)16-10-6-5-7-11(8-10)19-4-2/h5-9H,3-4H2,1-2H3,(H,16,17,18). The van der Waals surface area contributed by atoms with Crippen LogP contribution in [-0.2, 0) is 6.42 Å². The Bertz CT molecular complexity index is 560. The van der Waals surface area contributed by atoms with Gasteiger partial charge < -0.3 is 10.1 Å². The average Bonchev–Trinajstić information content (AvgIpc) is 2.39. The summed E-state index contributed by atoms with van der Waals surface area (Å²) < 4.78 is 5.45. The SMILES string of the molecule is CCOc1cccc(Nc2cc(Cl)nc(CC)n2)c1. The second-order valence-electron chi connectivity index (χ2n) is 3.93. The Morgan fingerprint density at radius 2 is 2.05 bits per heavy atom. The first kappa shape index (κ1) is 13.6. The Kier molecular flexibility index (Phi) is 4.58. The van der Waals surface area contributed by atoms with Crippen LogP contribution in [0.3, 0.4) is 0 Å². The fourth-order valence-electron chi connectivity index (χ4n) is 1.67. The van der Waals surface area contributed by atoms with Crippen LogP contribution in [0.25, 0.3) is 0 Å². The highest BCUT2D eigenvalue weighted by atomic mass is 35.5. The molecule has 19 heavy (non-hydrogen) atoms. The maximum absolute atomic E-state index is 5.96. The van der Waals surface area contributed by atoms with E-state index < -0.39 is 0 Å². The summed E-state index contributed by atoms with van der Waals surface area (Å²) in [7, 11) is 0. The molecule has 2 rings (SSSR count). The number of nitrogens with zero attached hydrogens (tertiary/aromatic N) is 2. The molecular weight excluding hydrogens is 262 g/mol. The molecule has 0 unspecified atom stereocenters. The molecule has 0 saturated carbocycles. The van der Waals surface area contributed by atoms with Crippen molar-refractivity contribution in [2.75, 3.05) is 11.9 Å². The molecule has 2 aromatic rings. The molecule has 1 heterocycles. The van der Waals surface area contributed by atoms with Crippen LogP contribution in [0, 0.1) is 0 Å². The maximum atomic E-state index is 5.96. The van der Waals surface area contributed by atoms with Crippen molar-refractivity contribution in [1.29, 1.82) is 0 Å². The average molecular weight is 278 g/mol. The van der Waals surface area contributed by atoms with Crippen molar-refractivity contribution < 1.29 is 4.74 Å². The number of nitrogens with one attached hydrogen (secondary N) is 1. The van der Waals surface area contributed by atoms with Crippen molar-refractivity contribution in [1.82, 2.24) is 9.97 Å². The van der Waals surface area contributed by atoms with E-state index in [1.165, 1.54) is 0 Å². The lowest BCUT2D eigenvalue weighted by atomic mass is 10.3. The van der Waals surface area contributed by atoms with Crippen molar-refractivity contribution >= 4 is 23.1 Å². The predicted octanol–water partition coefficient (Wildman–Crippen LogP) is 3.83. The lowest BCUT2D eigenvalue weighted by Crippen LogP contribution is -2.00. The summed E-state index contributed by atoms with van der Waals surface area (Å²) in [6, 6.07) is 9.42. The first-order valence-corrected chi connectivity index (χ1v) is 6.62. The molecular formula is C14H16ClN3O. The second kappa shape index (κ2) is 6.38. The van der Waals surface area contributed by atoms with Gasteiger partial charge in [0.05, 0.1) is 6.61 Å². The van der Waals surface area contributed by atoms with Crippen molar-refractivity contribution in [2.45, 2.75) is 20.3 Å². The van der Waals surface area contributed by atoms with Gasteiger partial charge in [-0.05, 0) is 19.1 Å². The normalized spacial score (nSPS) is 10.3. The summed E-state index contributed by atoms with van der Waals surface area (Å²) >= 11 is 5.96. The topological polar surface area (TPSA) is 47.0 Å². The van der Waals surface area contributed by atoms with E-state index in [2.05, 4.69) is 15.3 Å². The summed E-state index contributed by atoms with van der Waals surface area (Å²) in [6.45, 7) is 4.59. The van der Waals surface area contributed by atoms with Crippen LogP contribution >= 0.6 is 11.6 Å². The Balaban J connectivity index is 2.20. The zero-order valence-corrected chi connectivity index (χ0v) is 11.7. The summed E-state index contributed by atoms with van der Waals surface area (Å²) in [5.41, 5.74) is 0.905. The lowest BCUT2D eigenvalue weighted by molar-refractivity contribution is 0.340. The predicted molar refractivity (Wildman–Crippen MR) is 77.3 cm³/mol. The zero-order chi connectivity index (χ0) is 13.7. The van der Waals surface area contributed by atoms with Gasteiger partial charge in [0, 0.05) is 24.2 Å². The fraction of sp³-hybridized carbons (Fsp3) is 0.286. The quantitative estimate of drug-likeness (QED) is 0.844. The molecule has 0 atom stereocenters. The summed E-state index contributed by atoms with van der Waals surface area (Å²) in [4.78, 5) is 8.51. The molecule has 0 radical (unpaired) electrons. The number of benzene rings is 1. The molecule has 4 nitrogen and oxygen atoms in total. The van der Waals surface area contributed by atoms with Gasteiger partial charge in [-0.1, -0.05) is 24.6 Å². The highest BCUT2D eigenvalue weighted by Gasteiger charge is 2.03. The molecule has 0 amide bonds. The number of aryl methyl sites for hydroxylation is 1. The summed E-state index contributed by atoms with van der Waals surface area (Å²) in [6.07, 6.45) is 0.744. The van der Waals surface area contributed by atoms with E-state index in [9.17, 15) is 0 Å². The number of ether oxygens (including phenoxy) is 1. The summed E-state index contributed by atoms with van der Waals surface area (Å²) in [5.74, 6) is 2.23. The van der Waals surface area contributed by atoms with E-state index in [-0.39, 0.29) is 0 Å². The van der Waals surface area contributed by atoms with E-state index in [1.54, 1.807) is 6.07 Å². The molecule has 1 aromatic heterocycles. The maximum Gasteiger partial charge on any atom is 0.135 e. The number of rotatable bonds is 5. The number of hydrogen-bond donors (Lipinski definition) is 1. The van der Waals surface area contributed by atoms with Crippen molar-refractivity contribution in [3.8, 4) is 5.75 Å². The van der Waals surface area contributed by atoms with Gasteiger partial charge in [-0.25, -0.2) is 9.97 Å². The van der Waals surface area contributed by atoms with Gasteiger partial charge in [0.25, 0.3) is 0 Å². The van der Waals surface area contributed by atoms with Crippen LogP contribution in [-0.4, -0.2) is 16.6 Å². The first-order chi connectivity index (χ1) is 9.21. The highest BCUT2D eigenvalue weighted by molar-refractivity contribution is 6.29. The van der Waals surface area contributed by atoms with Crippen molar-refractivity contribution in [3.63, 3.8) is 0 Å². The Labute approximate surface area is 117 Å². The smallest absolute Gasteiger partial charge is 0.135 e. The Morgan fingerprint density at radius 3 is 2.79 bits per heavy atom. The van der Waals surface area contributed by atoms with E-state index >= 15 is 0 Å². The van der Waals surface area contributed by atoms with Crippen LogP contribution in [0.5, 0.6) is 5.75 Å². The minimum Gasteiger partial charge on any atom is -0.494 e. The van der Waals surface area contributed by atoms with Crippen LogP contribution in [0.1, 0.15) is 19.7 Å². The molecule has 0 fully saturated rings. The molecule has 0 saturated heterocycles. The minimum absolute atomic E-state index is 0.440. The zero-order valence-electron chi connectivity index (χ0n) is 11.0. The third kappa shape index (κ3) is 3.83. The molecule has 5 heteroatoms. The molecule has 100 valence electrons. The van der Waals surface area contributed by atoms with Crippen molar-refractivity contribution in [3.05, 3.63) is 41.3 Å². The minimum atomic E-state index is 0.440. The van der Waals surface area contributed by atoms with Gasteiger partial charge in [0.1, 0.15) is 22.5 Å². The van der Waals surface area contributed by atoms with E-state index in [0.717, 1.165) is 23.7 Å². The van der Waals surface area contributed by atoms with Gasteiger partial charge in [-0.3, -0.25) is 0 Å². The van der Waals surface area contributed by atoms with Gasteiger partial charge >= 0.3 is 0 Å². The van der Waals surface area contributed by atoms with Crippen LogP contribution in [0.4, 0.5) is 11.5 Å². The monoisotopic (exact) mass is 277 g/mol. The Hall–Kier alpha value is -1.81. The fourth-order valence-corrected chi connectivity index (χ4v) is 1.87. The Morgan fingerprint density at radius 1 is 1.21 bits per heavy atom. The molecule has 0 aliphatic heterocycles. The third-order valence-corrected chi connectivity index (χ3v) is 2.67. The number of hydrogen-bond acceptors (Lipinski definition) is 4. The first-order valence-electron chi connectivity index (χ1n) is 6.24. The van der Waals surface area contributed by atoms with Gasteiger partial charge in [-0.15, -0.1) is 0 Å². The number of halogens is 1.